The Morgan fingerprint density at radius 3 is 2.78 bits per heavy atom. The van der Waals surface area contributed by atoms with Crippen LogP contribution >= 0.6 is 0 Å². The molecule has 0 bridgehead atoms. The largest absolute Gasteiger partial charge is 0.497 e. The Kier molecular flexibility index (Phi) is 5.03. The molecule has 8 heteroatoms. The van der Waals surface area contributed by atoms with E-state index in [1.54, 1.807) is 19.5 Å². The minimum atomic E-state index is -0.509. The van der Waals surface area contributed by atoms with Crippen LogP contribution in [0.15, 0.2) is 60.9 Å². The molecule has 1 aliphatic heterocycles. The Morgan fingerprint density at radius 1 is 1.09 bits per heavy atom. The number of hydrogen-bond donors (Lipinski definition) is 1. The fourth-order valence-electron chi connectivity index (χ4n) is 3.89. The molecule has 1 aliphatic rings. The molecule has 1 N–H and O–H groups in total. The summed E-state index contributed by atoms with van der Waals surface area (Å²) in [5.41, 5.74) is 4.47. The van der Waals surface area contributed by atoms with Crippen molar-refractivity contribution in [1.82, 2.24) is 15.0 Å². The zero-order valence-corrected chi connectivity index (χ0v) is 17.7. The van der Waals surface area contributed by atoms with Crippen LogP contribution in [-0.4, -0.2) is 41.8 Å². The molecule has 2 aromatic heterocycles. The van der Waals surface area contributed by atoms with Crippen LogP contribution in [0.2, 0.25) is 0 Å². The summed E-state index contributed by atoms with van der Waals surface area (Å²) in [5.74, 6) is 2.11. The fraction of sp³-hybridized carbons (Fsp3) is 0.167. The molecular weight excluding hydrogens is 406 g/mol. The van der Waals surface area contributed by atoms with Gasteiger partial charge in [-0.25, -0.2) is 14.8 Å². The first-order chi connectivity index (χ1) is 15.7. The maximum Gasteiger partial charge on any atom is 0.411 e. The molecule has 0 aliphatic carbocycles. The summed E-state index contributed by atoms with van der Waals surface area (Å²) in [5, 5.41) is 3.62. The average Bonchev–Trinajstić information content (AvgIpc) is 3.26. The summed E-state index contributed by atoms with van der Waals surface area (Å²) < 4.78 is 10.2. The Morgan fingerprint density at radius 2 is 2.00 bits per heavy atom. The predicted molar refractivity (Wildman–Crippen MR) is 123 cm³/mol. The third kappa shape index (κ3) is 3.56. The highest BCUT2D eigenvalue weighted by molar-refractivity contribution is 5.95. The van der Waals surface area contributed by atoms with Gasteiger partial charge >= 0.3 is 6.09 Å². The van der Waals surface area contributed by atoms with Crippen LogP contribution in [-0.2, 0) is 11.2 Å². The highest BCUT2D eigenvalue weighted by Gasteiger charge is 2.25. The van der Waals surface area contributed by atoms with E-state index in [9.17, 15) is 4.79 Å². The van der Waals surface area contributed by atoms with Gasteiger partial charge in [-0.05, 0) is 54.4 Å². The number of aromatic nitrogens is 3. The fourth-order valence-corrected chi connectivity index (χ4v) is 3.89. The van der Waals surface area contributed by atoms with Crippen LogP contribution in [0.3, 0.4) is 0 Å². The van der Waals surface area contributed by atoms with Gasteiger partial charge in [0.15, 0.2) is 5.82 Å². The van der Waals surface area contributed by atoms with Crippen LogP contribution in [0.1, 0.15) is 5.56 Å². The lowest BCUT2D eigenvalue weighted by Crippen LogP contribution is -2.17. The summed E-state index contributed by atoms with van der Waals surface area (Å²) in [6.45, 7) is 0.757. The van der Waals surface area contributed by atoms with Crippen molar-refractivity contribution in [1.29, 1.82) is 0 Å². The van der Waals surface area contributed by atoms with Crippen molar-refractivity contribution in [3.05, 3.63) is 66.5 Å². The monoisotopic (exact) mass is 427 g/mol. The summed E-state index contributed by atoms with van der Waals surface area (Å²) in [4.78, 5) is 27.8. The van der Waals surface area contributed by atoms with Gasteiger partial charge in [0.05, 0.1) is 19.7 Å². The van der Waals surface area contributed by atoms with E-state index in [2.05, 4.69) is 15.2 Å². The van der Waals surface area contributed by atoms with Crippen molar-refractivity contribution < 1.29 is 14.3 Å². The van der Waals surface area contributed by atoms with Gasteiger partial charge in [0.25, 0.3) is 0 Å². The smallest absolute Gasteiger partial charge is 0.411 e. The number of pyridine rings is 1. The summed E-state index contributed by atoms with van der Waals surface area (Å²) in [6, 6.07) is 15.4. The number of fused-ring (bicyclic) bond motifs is 2. The van der Waals surface area contributed by atoms with E-state index < -0.39 is 6.09 Å². The first-order valence-corrected chi connectivity index (χ1v) is 10.2. The zero-order valence-electron chi connectivity index (χ0n) is 17.7. The maximum absolute atomic E-state index is 11.7. The molecule has 0 spiro atoms. The molecule has 32 heavy (non-hydrogen) atoms. The molecule has 160 valence electrons. The molecule has 0 saturated heterocycles. The molecule has 0 atom stereocenters. The quantitative estimate of drug-likeness (QED) is 0.510. The van der Waals surface area contributed by atoms with Crippen molar-refractivity contribution in [3.63, 3.8) is 0 Å². The molecule has 8 nitrogen and oxygen atoms in total. The number of carbonyl (C=O) groups excluding carboxylic acids is 1. The first-order valence-electron chi connectivity index (χ1n) is 10.2. The van der Waals surface area contributed by atoms with Crippen LogP contribution in [0.4, 0.5) is 22.0 Å². The van der Waals surface area contributed by atoms with E-state index in [4.69, 9.17) is 19.4 Å². The summed E-state index contributed by atoms with van der Waals surface area (Å²) in [7, 11) is 2.98. The van der Waals surface area contributed by atoms with Crippen LogP contribution in [0.25, 0.3) is 22.3 Å². The lowest BCUT2D eigenvalue weighted by Gasteiger charge is -2.22. The van der Waals surface area contributed by atoms with E-state index in [0.717, 1.165) is 46.7 Å². The normalized spacial score (nSPS) is 12.5. The van der Waals surface area contributed by atoms with Gasteiger partial charge in [0.1, 0.15) is 11.6 Å². The number of nitrogens with zero attached hydrogens (tertiary/aromatic N) is 4. The molecule has 1 amide bonds. The third-order valence-corrected chi connectivity index (χ3v) is 5.47. The lowest BCUT2D eigenvalue weighted by molar-refractivity contribution is 0.187. The van der Waals surface area contributed by atoms with Gasteiger partial charge in [0, 0.05) is 41.3 Å². The Labute approximate surface area is 184 Å². The van der Waals surface area contributed by atoms with E-state index in [1.165, 1.54) is 12.7 Å². The molecule has 2 aromatic carbocycles. The Hall–Kier alpha value is -4.20. The van der Waals surface area contributed by atoms with Gasteiger partial charge in [-0.15, -0.1) is 0 Å². The number of nitrogens with one attached hydrogen (secondary N) is 1. The predicted octanol–water partition coefficient (Wildman–Crippen LogP) is 4.57. The van der Waals surface area contributed by atoms with Crippen molar-refractivity contribution in [2.45, 2.75) is 6.42 Å². The number of rotatable bonds is 4. The van der Waals surface area contributed by atoms with Crippen LogP contribution in [0.5, 0.6) is 5.75 Å². The SMILES string of the molecule is COC(=O)Nc1ccc2c(c1)N(c1nc(-c3cccnc3)nc3ccc(OC)cc13)CC2. The van der Waals surface area contributed by atoms with Crippen molar-refractivity contribution in [2.75, 3.05) is 31.0 Å². The molecule has 0 unspecified atom stereocenters. The van der Waals surface area contributed by atoms with Crippen molar-refractivity contribution in [3.8, 4) is 17.1 Å². The number of anilines is 3. The van der Waals surface area contributed by atoms with Crippen LogP contribution < -0.4 is 15.0 Å². The molecule has 0 radical (unpaired) electrons. The van der Waals surface area contributed by atoms with E-state index >= 15 is 0 Å². The van der Waals surface area contributed by atoms with Crippen molar-refractivity contribution in [2.24, 2.45) is 0 Å². The summed E-state index contributed by atoms with van der Waals surface area (Å²) >= 11 is 0. The number of carbonyl (C=O) groups is 1. The van der Waals surface area contributed by atoms with Gasteiger partial charge in [0.2, 0.25) is 0 Å². The lowest BCUT2D eigenvalue weighted by atomic mass is 10.1. The number of amides is 1. The minimum absolute atomic E-state index is 0.509. The molecule has 3 heterocycles. The number of hydrogen-bond acceptors (Lipinski definition) is 7. The minimum Gasteiger partial charge on any atom is -0.497 e. The van der Waals surface area contributed by atoms with Crippen LogP contribution in [0, 0.1) is 0 Å². The highest BCUT2D eigenvalue weighted by atomic mass is 16.5. The molecule has 5 rings (SSSR count). The standard InChI is InChI=1S/C24H21N5O3/c1-31-18-7-8-20-19(13-18)23(28-22(27-20)16-4-3-10-25-14-16)29-11-9-15-5-6-17(12-21(15)29)26-24(30)32-2/h3-8,10,12-14H,9,11H2,1-2H3,(H,26,30). The maximum atomic E-state index is 11.7. The third-order valence-electron chi connectivity index (χ3n) is 5.47. The second-order valence-corrected chi connectivity index (χ2v) is 7.36. The summed E-state index contributed by atoms with van der Waals surface area (Å²) in [6.07, 6.45) is 3.84. The van der Waals surface area contributed by atoms with Gasteiger partial charge in [-0.3, -0.25) is 10.3 Å². The van der Waals surface area contributed by atoms with Gasteiger partial charge < -0.3 is 14.4 Å². The second-order valence-electron chi connectivity index (χ2n) is 7.36. The number of benzene rings is 2. The molecular formula is C24H21N5O3. The van der Waals surface area contributed by atoms with E-state index in [1.807, 2.05) is 48.5 Å². The number of methoxy groups -OCH3 is 2. The van der Waals surface area contributed by atoms with E-state index in [-0.39, 0.29) is 0 Å². The second kappa shape index (κ2) is 8.14. The topological polar surface area (TPSA) is 89.5 Å². The van der Waals surface area contributed by atoms with E-state index in [0.29, 0.717) is 11.5 Å². The Balaban J connectivity index is 1.67. The zero-order chi connectivity index (χ0) is 22.1. The first kappa shape index (κ1) is 19.7. The highest BCUT2D eigenvalue weighted by Crippen LogP contribution is 2.40. The molecule has 4 aromatic rings. The molecule has 0 saturated carbocycles. The Bertz CT molecular complexity index is 1310. The van der Waals surface area contributed by atoms with Gasteiger partial charge in [-0.1, -0.05) is 6.07 Å². The molecule has 0 fully saturated rings. The average molecular weight is 427 g/mol. The van der Waals surface area contributed by atoms with Crippen molar-refractivity contribution >= 4 is 34.2 Å². The van der Waals surface area contributed by atoms with Gasteiger partial charge in [-0.2, -0.15) is 0 Å². The number of ether oxygens (including phenoxy) is 2.